The first-order chi connectivity index (χ1) is 8.86. The van der Waals surface area contributed by atoms with Crippen LogP contribution in [-0.2, 0) is 19.1 Å². The zero-order valence-corrected chi connectivity index (χ0v) is 12.9. The van der Waals surface area contributed by atoms with Gasteiger partial charge in [-0.15, -0.1) is 10.2 Å². The number of hydrogen-bond acceptors (Lipinski definition) is 6. The van der Waals surface area contributed by atoms with E-state index in [9.17, 15) is 9.59 Å². The summed E-state index contributed by atoms with van der Waals surface area (Å²) < 4.78 is 10.2. The second-order valence-corrected chi connectivity index (χ2v) is 5.43. The van der Waals surface area contributed by atoms with Crippen LogP contribution in [0.15, 0.2) is 34.5 Å². The SMILES string of the molecule is C=C(C)C(=O)OC(C)(C)/N=N/C(C)(C)OC(=O)C(=C)C. The van der Waals surface area contributed by atoms with Gasteiger partial charge in [0.25, 0.3) is 0 Å². The maximum Gasteiger partial charge on any atom is 0.335 e. The molecule has 0 aromatic heterocycles. The van der Waals surface area contributed by atoms with E-state index in [2.05, 4.69) is 23.4 Å². The van der Waals surface area contributed by atoms with Gasteiger partial charge in [0.05, 0.1) is 0 Å². The normalized spacial score (nSPS) is 12.1. The number of esters is 2. The summed E-state index contributed by atoms with van der Waals surface area (Å²) in [6.07, 6.45) is 0. The molecule has 20 heavy (non-hydrogen) atoms. The van der Waals surface area contributed by atoms with Gasteiger partial charge in [-0.1, -0.05) is 13.2 Å². The molecule has 0 fully saturated rings. The first-order valence-electron chi connectivity index (χ1n) is 6.08. The Morgan fingerprint density at radius 2 is 1.05 bits per heavy atom. The van der Waals surface area contributed by atoms with E-state index in [4.69, 9.17) is 9.47 Å². The highest BCUT2D eigenvalue weighted by Gasteiger charge is 2.27. The third-order valence-corrected chi connectivity index (χ3v) is 1.91. The number of carbonyl (C=O) groups is 2. The van der Waals surface area contributed by atoms with Gasteiger partial charge in [0, 0.05) is 11.1 Å². The molecule has 0 atom stereocenters. The Balaban J connectivity index is 4.81. The van der Waals surface area contributed by atoms with Crippen LogP contribution < -0.4 is 0 Å². The number of carbonyl (C=O) groups excluding carboxylic acids is 2. The zero-order valence-electron chi connectivity index (χ0n) is 12.9. The first-order valence-corrected chi connectivity index (χ1v) is 6.08. The number of rotatable bonds is 6. The molecule has 0 N–H and O–H groups in total. The predicted molar refractivity (Wildman–Crippen MR) is 74.8 cm³/mol. The summed E-state index contributed by atoms with van der Waals surface area (Å²) in [5.74, 6) is -1.13. The van der Waals surface area contributed by atoms with Crippen molar-refractivity contribution in [1.82, 2.24) is 0 Å². The summed E-state index contributed by atoms with van der Waals surface area (Å²) in [5, 5.41) is 7.79. The van der Waals surface area contributed by atoms with Gasteiger partial charge in [0.15, 0.2) is 0 Å². The summed E-state index contributed by atoms with van der Waals surface area (Å²) in [6, 6.07) is 0. The molecule has 0 aliphatic rings. The average molecular weight is 282 g/mol. The summed E-state index contributed by atoms with van der Waals surface area (Å²) in [4.78, 5) is 22.9. The fourth-order valence-electron chi connectivity index (χ4n) is 0.910. The van der Waals surface area contributed by atoms with E-state index in [0.29, 0.717) is 0 Å². The summed E-state index contributed by atoms with van der Waals surface area (Å²) in [5.41, 5.74) is -1.83. The van der Waals surface area contributed by atoms with Gasteiger partial charge in [-0.3, -0.25) is 0 Å². The van der Waals surface area contributed by atoms with Gasteiger partial charge in [-0.25, -0.2) is 9.59 Å². The van der Waals surface area contributed by atoms with Crippen LogP contribution in [0.5, 0.6) is 0 Å². The first kappa shape index (κ1) is 18.0. The van der Waals surface area contributed by atoms with E-state index >= 15 is 0 Å². The lowest BCUT2D eigenvalue weighted by molar-refractivity contribution is -0.156. The molecule has 0 aliphatic carbocycles. The molecule has 0 aromatic rings. The Bertz CT molecular complexity index is 420. The van der Waals surface area contributed by atoms with E-state index in [1.165, 1.54) is 13.8 Å². The lowest BCUT2D eigenvalue weighted by atomic mass is 10.3. The van der Waals surface area contributed by atoms with Crippen LogP contribution in [0.3, 0.4) is 0 Å². The maximum absolute atomic E-state index is 11.4. The van der Waals surface area contributed by atoms with Crippen molar-refractivity contribution in [1.29, 1.82) is 0 Å². The second kappa shape index (κ2) is 6.45. The Labute approximate surface area is 119 Å². The quantitative estimate of drug-likeness (QED) is 0.426. The molecule has 0 heterocycles. The number of ether oxygens (including phenoxy) is 2. The molecule has 0 amide bonds. The molecule has 0 rings (SSSR count). The molecule has 0 aliphatic heterocycles. The highest BCUT2D eigenvalue weighted by atomic mass is 16.6. The summed E-state index contributed by atoms with van der Waals surface area (Å²) in [7, 11) is 0. The van der Waals surface area contributed by atoms with Crippen molar-refractivity contribution in [2.24, 2.45) is 10.2 Å². The molecule has 6 heteroatoms. The van der Waals surface area contributed by atoms with Gasteiger partial charge >= 0.3 is 11.9 Å². The fraction of sp³-hybridized carbons (Fsp3) is 0.571. The van der Waals surface area contributed by atoms with E-state index in [0.717, 1.165) is 0 Å². The minimum atomic E-state index is -1.18. The smallest absolute Gasteiger partial charge is 0.335 e. The van der Waals surface area contributed by atoms with E-state index in [1.54, 1.807) is 27.7 Å². The van der Waals surface area contributed by atoms with Crippen LogP contribution in [-0.4, -0.2) is 23.4 Å². The van der Waals surface area contributed by atoms with Crippen LogP contribution in [0, 0.1) is 0 Å². The molecule has 0 radical (unpaired) electrons. The Hall–Kier alpha value is -1.98. The largest absolute Gasteiger partial charge is 0.433 e. The zero-order chi connectivity index (χ0) is 16.1. The van der Waals surface area contributed by atoms with Crippen molar-refractivity contribution < 1.29 is 19.1 Å². The van der Waals surface area contributed by atoms with Crippen molar-refractivity contribution in [2.75, 3.05) is 0 Å². The van der Waals surface area contributed by atoms with Crippen LogP contribution in [0.2, 0.25) is 0 Å². The van der Waals surface area contributed by atoms with E-state index in [-0.39, 0.29) is 11.1 Å². The van der Waals surface area contributed by atoms with Gasteiger partial charge < -0.3 is 9.47 Å². The van der Waals surface area contributed by atoms with Crippen molar-refractivity contribution in [3.05, 3.63) is 24.3 Å². The van der Waals surface area contributed by atoms with Gasteiger partial charge in [0.1, 0.15) is 0 Å². The molecule has 6 nitrogen and oxygen atoms in total. The number of nitrogens with zero attached hydrogens (tertiary/aromatic N) is 2. The van der Waals surface area contributed by atoms with Crippen LogP contribution in [0.4, 0.5) is 0 Å². The standard InChI is InChI=1S/C14H22N2O4/c1-9(2)11(17)19-13(5,6)15-16-14(7,8)20-12(18)10(3)4/h1,3H2,2,4-8H3/b16-15+. The van der Waals surface area contributed by atoms with Crippen molar-refractivity contribution in [2.45, 2.75) is 53.0 Å². The average Bonchev–Trinajstić information content (AvgIpc) is 2.25. The molecule has 0 spiro atoms. The molecule has 0 saturated carbocycles. The van der Waals surface area contributed by atoms with Gasteiger partial charge in [-0.2, -0.15) is 0 Å². The third kappa shape index (κ3) is 6.82. The van der Waals surface area contributed by atoms with Gasteiger partial charge in [-0.05, 0) is 41.5 Å². The third-order valence-electron chi connectivity index (χ3n) is 1.91. The Kier molecular flexibility index (Phi) is 5.81. The Morgan fingerprint density at radius 1 is 0.800 bits per heavy atom. The molecule has 0 bridgehead atoms. The van der Waals surface area contributed by atoms with Gasteiger partial charge in [0.2, 0.25) is 11.4 Å². The predicted octanol–water partition coefficient (Wildman–Crippen LogP) is 3.15. The fourth-order valence-corrected chi connectivity index (χ4v) is 0.910. The molecule has 0 saturated heterocycles. The van der Waals surface area contributed by atoms with Crippen LogP contribution in [0.25, 0.3) is 0 Å². The number of azo groups is 1. The molecular weight excluding hydrogens is 260 g/mol. The summed E-state index contributed by atoms with van der Waals surface area (Å²) in [6.45, 7) is 16.3. The summed E-state index contributed by atoms with van der Waals surface area (Å²) >= 11 is 0. The minimum absolute atomic E-state index is 0.265. The highest BCUT2D eigenvalue weighted by Crippen LogP contribution is 2.20. The lowest BCUT2D eigenvalue weighted by Gasteiger charge is -2.23. The highest BCUT2D eigenvalue weighted by molar-refractivity contribution is 5.87. The number of hydrogen-bond donors (Lipinski definition) is 0. The van der Waals surface area contributed by atoms with Crippen molar-refractivity contribution >= 4 is 11.9 Å². The maximum atomic E-state index is 11.4. The van der Waals surface area contributed by atoms with E-state index < -0.39 is 23.4 Å². The molecule has 0 aromatic carbocycles. The van der Waals surface area contributed by atoms with Crippen molar-refractivity contribution in [3.63, 3.8) is 0 Å². The van der Waals surface area contributed by atoms with E-state index in [1.807, 2.05) is 0 Å². The lowest BCUT2D eigenvalue weighted by Crippen LogP contribution is -2.29. The van der Waals surface area contributed by atoms with Crippen molar-refractivity contribution in [3.8, 4) is 0 Å². The van der Waals surface area contributed by atoms with Crippen LogP contribution >= 0.6 is 0 Å². The van der Waals surface area contributed by atoms with Crippen LogP contribution in [0.1, 0.15) is 41.5 Å². The molecule has 112 valence electrons. The minimum Gasteiger partial charge on any atom is -0.433 e. The molecule has 0 unspecified atom stereocenters. The second-order valence-electron chi connectivity index (χ2n) is 5.43. The monoisotopic (exact) mass is 282 g/mol. The molecular formula is C14H22N2O4. The Morgan fingerprint density at radius 3 is 1.25 bits per heavy atom. The topological polar surface area (TPSA) is 77.3 Å².